The fourth-order valence-corrected chi connectivity index (χ4v) is 2.62. The summed E-state index contributed by atoms with van der Waals surface area (Å²) in [6.45, 7) is 2.46. The van der Waals surface area contributed by atoms with Crippen molar-refractivity contribution in [2.45, 2.75) is 18.6 Å². The molecule has 1 atom stereocenters. The lowest BCUT2D eigenvalue weighted by molar-refractivity contribution is -0.360. The Morgan fingerprint density at radius 2 is 2.41 bits per heavy atom. The van der Waals surface area contributed by atoms with E-state index in [1.807, 2.05) is 0 Å². The molecule has 0 bridgehead atoms. The molecule has 1 aromatic rings. The maximum atomic E-state index is 12.0. The highest BCUT2D eigenvalue weighted by atomic mass is 32.2. The minimum atomic E-state index is -0.304. The molecule has 1 aliphatic heterocycles. The number of aryl methyl sites for hydroxylation is 1. The van der Waals surface area contributed by atoms with Crippen LogP contribution in [-0.2, 0) is 9.59 Å². The molecule has 0 aliphatic carbocycles. The Hall–Kier alpha value is -1.34. The van der Waals surface area contributed by atoms with Crippen molar-refractivity contribution in [3.8, 4) is 0 Å². The highest BCUT2D eigenvalue weighted by Gasteiger charge is 2.41. The summed E-state index contributed by atoms with van der Waals surface area (Å²) in [6.07, 6.45) is 0.232. The summed E-state index contributed by atoms with van der Waals surface area (Å²) in [4.78, 5) is 24.9. The van der Waals surface area contributed by atoms with E-state index in [1.165, 1.54) is 11.8 Å². The van der Waals surface area contributed by atoms with E-state index in [0.717, 1.165) is 17.2 Å². The SMILES string of the molecule is Cc1cc(N2C(=O)C[C@H](SCC[NH3+])C2=O)no1. The quantitative estimate of drug-likeness (QED) is 0.739. The average Bonchev–Trinajstić information content (AvgIpc) is 2.81. The number of nitrogens with zero attached hydrogens (tertiary/aromatic N) is 2. The van der Waals surface area contributed by atoms with Gasteiger partial charge in [0.15, 0.2) is 5.82 Å². The molecule has 1 aromatic heterocycles. The zero-order chi connectivity index (χ0) is 12.4. The Kier molecular flexibility index (Phi) is 3.49. The first-order chi connectivity index (χ1) is 8.13. The molecule has 7 heteroatoms. The zero-order valence-electron chi connectivity index (χ0n) is 9.51. The second-order valence-corrected chi connectivity index (χ2v) is 5.09. The topological polar surface area (TPSA) is 91.1 Å². The fourth-order valence-electron chi connectivity index (χ4n) is 1.66. The normalized spacial score (nSPS) is 20.4. The second-order valence-electron chi connectivity index (χ2n) is 3.78. The van der Waals surface area contributed by atoms with Gasteiger partial charge in [-0.25, -0.2) is 4.90 Å². The van der Waals surface area contributed by atoms with Gasteiger partial charge in [-0.2, -0.15) is 0 Å². The van der Waals surface area contributed by atoms with Crippen LogP contribution in [0.5, 0.6) is 0 Å². The van der Waals surface area contributed by atoms with E-state index < -0.39 is 0 Å². The molecule has 0 radical (unpaired) electrons. The van der Waals surface area contributed by atoms with E-state index in [4.69, 9.17) is 4.52 Å². The summed E-state index contributed by atoms with van der Waals surface area (Å²) in [5, 5.41) is 3.40. The minimum Gasteiger partial charge on any atom is -0.360 e. The van der Waals surface area contributed by atoms with Crippen molar-refractivity contribution in [1.82, 2.24) is 5.16 Å². The Morgan fingerprint density at radius 3 is 3.00 bits per heavy atom. The second kappa shape index (κ2) is 4.89. The molecule has 1 aliphatic rings. The van der Waals surface area contributed by atoms with E-state index in [1.54, 1.807) is 13.0 Å². The Labute approximate surface area is 102 Å². The van der Waals surface area contributed by atoms with Crippen molar-refractivity contribution in [2.75, 3.05) is 17.2 Å². The van der Waals surface area contributed by atoms with Crippen LogP contribution in [0.1, 0.15) is 12.2 Å². The number of carbonyl (C=O) groups excluding carboxylic acids is 2. The molecule has 0 aromatic carbocycles. The summed E-state index contributed by atoms with van der Waals surface area (Å²) in [5.74, 6) is 1.21. The van der Waals surface area contributed by atoms with Gasteiger partial charge in [0, 0.05) is 18.2 Å². The molecule has 2 rings (SSSR count). The van der Waals surface area contributed by atoms with Gasteiger partial charge in [-0.05, 0) is 6.92 Å². The Morgan fingerprint density at radius 1 is 1.65 bits per heavy atom. The first kappa shape index (κ1) is 12.1. The van der Waals surface area contributed by atoms with E-state index in [0.29, 0.717) is 5.76 Å². The van der Waals surface area contributed by atoms with Crippen LogP contribution in [0.15, 0.2) is 10.6 Å². The van der Waals surface area contributed by atoms with E-state index in [-0.39, 0.29) is 29.3 Å². The lowest BCUT2D eigenvalue weighted by atomic mass is 10.4. The fraction of sp³-hybridized carbons (Fsp3) is 0.500. The van der Waals surface area contributed by atoms with E-state index in [2.05, 4.69) is 10.9 Å². The molecule has 3 N–H and O–H groups in total. The summed E-state index contributed by atoms with van der Waals surface area (Å²) in [5.41, 5.74) is 3.71. The lowest BCUT2D eigenvalue weighted by Crippen LogP contribution is -2.51. The third-order valence-electron chi connectivity index (χ3n) is 2.41. The predicted octanol–water partition coefficient (Wildman–Crippen LogP) is -0.410. The van der Waals surface area contributed by atoms with Gasteiger partial charge in [0.25, 0.3) is 0 Å². The number of imide groups is 1. The van der Waals surface area contributed by atoms with Crippen molar-refractivity contribution in [2.24, 2.45) is 0 Å². The molecule has 17 heavy (non-hydrogen) atoms. The molecular formula is C10H14N3O3S+. The van der Waals surface area contributed by atoms with Gasteiger partial charge in [-0.3, -0.25) is 9.59 Å². The third kappa shape index (κ3) is 2.34. The molecule has 0 saturated carbocycles. The summed E-state index contributed by atoms with van der Waals surface area (Å²) in [6, 6.07) is 1.59. The van der Waals surface area contributed by atoms with Gasteiger partial charge in [-0.15, -0.1) is 11.8 Å². The van der Waals surface area contributed by atoms with Crippen molar-refractivity contribution in [1.29, 1.82) is 0 Å². The number of carbonyl (C=O) groups is 2. The number of quaternary nitrogens is 1. The van der Waals surface area contributed by atoms with Crippen LogP contribution in [0, 0.1) is 6.92 Å². The number of rotatable bonds is 4. The molecule has 0 spiro atoms. The van der Waals surface area contributed by atoms with Gasteiger partial charge in [-0.1, -0.05) is 5.16 Å². The zero-order valence-corrected chi connectivity index (χ0v) is 10.3. The van der Waals surface area contributed by atoms with Gasteiger partial charge in [0.05, 0.1) is 11.8 Å². The van der Waals surface area contributed by atoms with Crippen molar-refractivity contribution in [3.05, 3.63) is 11.8 Å². The summed E-state index contributed by atoms with van der Waals surface area (Å²) < 4.78 is 4.88. The summed E-state index contributed by atoms with van der Waals surface area (Å²) >= 11 is 1.47. The van der Waals surface area contributed by atoms with Gasteiger partial charge < -0.3 is 10.3 Å². The van der Waals surface area contributed by atoms with Crippen LogP contribution in [-0.4, -0.2) is 34.5 Å². The number of aromatic nitrogens is 1. The van der Waals surface area contributed by atoms with Crippen LogP contribution in [0.25, 0.3) is 0 Å². The lowest BCUT2D eigenvalue weighted by Gasteiger charge is -2.09. The molecule has 1 saturated heterocycles. The Balaban J connectivity index is 2.14. The van der Waals surface area contributed by atoms with Gasteiger partial charge in [0.2, 0.25) is 11.8 Å². The molecule has 2 heterocycles. The summed E-state index contributed by atoms with van der Waals surface area (Å²) in [7, 11) is 0. The molecule has 92 valence electrons. The molecule has 1 fully saturated rings. The number of thioether (sulfide) groups is 1. The smallest absolute Gasteiger partial charge is 0.248 e. The van der Waals surface area contributed by atoms with Crippen molar-refractivity contribution >= 4 is 29.4 Å². The van der Waals surface area contributed by atoms with Crippen molar-refractivity contribution in [3.63, 3.8) is 0 Å². The maximum Gasteiger partial charge on any atom is 0.248 e. The van der Waals surface area contributed by atoms with Crippen LogP contribution >= 0.6 is 11.8 Å². The first-order valence-electron chi connectivity index (χ1n) is 5.34. The highest BCUT2D eigenvalue weighted by molar-refractivity contribution is 8.00. The third-order valence-corrected chi connectivity index (χ3v) is 3.71. The monoisotopic (exact) mass is 256 g/mol. The number of hydrogen-bond donors (Lipinski definition) is 1. The van der Waals surface area contributed by atoms with Crippen LogP contribution in [0.3, 0.4) is 0 Å². The van der Waals surface area contributed by atoms with Crippen LogP contribution in [0.2, 0.25) is 0 Å². The maximum absolute atomic E-state index is 12.0. The van der Waals surface area contributed by atoms with Crippen molar-refractivity contribution < 1.29 is 19.8 Å². The predicted molar refractivity (Wildman–Crippen MR) is 62.4 cm³/mol. The van der Waals surface area contributed by atoms with Gasteiger partial charge in [0.1, 0.15) is 5.76 Å². The van der Waals surface area contributed by atoms with Gasteiger partial charge >= 0.3 is 0 Å². The molecular weight excluding hydrogens is 242 g/mol. The van der Waals surface area contributed by atoms with E-state index in [9.17, 15) is 9.59 Å². The van der Waals surface area contributed by atoms with Crippen LogP contribution < -0.4 is 10.6 Å². The average molecular weight is 256 g/mol. The number of anilines is 1. The van der Waals surface area contributed by atoms with E-state index >= 15 is 0 Å². The molecule has 2 amide bonds. The highest BCUT2D eigenvalue weighted by Crippen LogP contribution is 2.28. The van der Waals surface area contributed by atoms with Crippen LogP contribution in [0.4, 0.5) is 5.82 Å². The largest absolute Gasteiger partial charge is 0.360 e. The Bertz CT molecular complexity index is 446. The standard InChI is InChI=1S/C10H13N3O3S/c1-6-4-8(12-16-6)13-9(14)5-7(10(13)15)17-3-2-11/h4,7H,2-3,5,11H2,1H3/p+1/t7-/m0/s1. The molecule has 6 nitrogen and oxygen atoms in total. The number of hydrogen-bond acceptors (Lipinski definition) is 5. The minimum absolute atomic E-state index is 0.207. The number of amides is 2. The molecule has 0 unspecified atom stereocenters. The first-order valence-corrected chi connectivity index (χ1v) is 6.39.